The van der Waals surface area contributed by atoms with E-state index >= 15 is 0 Å². The summed E-state index contributed by atoms with van der Waals surface area (Å²) in [4.78, 5) is 0. The van der Waals surface area contributed by atoms with Crippen molar-refractivity contribution < 1.29 is 4.42 Å². The first-order valence-corrected chi connectivity index (χ1v) is 6.07. The van der Waals surface area contributed by atoms with Crippen LogP contribution in [0.5, 0.6) is 0 Å². The third-order valence-corrected chi connectivity index (χ3v) is 3.33. The fraction of sp³-hybridized carbons (Fsp3) is 0.125. The molecule has 0 radical (unpaired) electrons. The molecule has 3 aromatic rings. The molecule has 2 heteroatoms. The number of hydrogen-bond acceptors (Lipinski definition) is 2. The first kappa shape index (κ1) is 11.1. The molecule has 0 spiro atoms. The molecule has 0 aliphatic carbocycles. The summed E-state index contributed by atoms with van der Waals surface area (Å²) in [6.07, 6.45) is 0. The zero-order valence-corrected chi connectivity index (χ0v) is 10.3. The van der Waals surface area contributed by atoms with Crippen molar-refractivity contribution in [1.82, 2.24) is 0 Å². The van der Waals surface area contributed by atoms with E-state index in [1.807, 2.05) is 18.2 Å². The van der Waals surface area contributed by atoms with Gasteiger partial charge in [-0.05, 0) is 18.1 Å². The molecule has 0 fully saturated rings. The summed E-state index contributed by atoms with van der Waals surface area (Å²) in [5.74, 6) is 0.869. The van der Waals surface area contributed by atoms with Crippen LogP contribution in [0.25, 0.3) is 22.1 Å². The summed E-state index contributed by atoms with van der Waals surface area (Å²) in [7, 11) is 0. The molecule has 0 amide bonds. The zero-order chi connectivity index (χ0) is 12.5. The Morgan fingerprint density at radius 1 is 1.00 bits per heavy atom. The van der Waals surface area contributed by atoms with Crippen molar-refractivity contribution in [2.45, 2.75) is 13.5 Å². The van der Waals surface area contributed by atoms with Crippen molar-refractivity contribution in [1.29, 1.82) is 0 Å². The molecule has 90 valence electrons. The van der Waals surface area contributed by atoms with Crippen LogP contribution in [-0.4, -0.2) is 0 Å². The molecule has 0 atom stereocenters. The van der Waals surface area contributed by atoms with Crippen LogP contribution in [0.4, 0.5) is 0 Å². The van der Waals surface area contributed by atoms with Crippen LogP contribution in [0.1, 0.15) is 11.3 Å². The minimum atomic E-state index is 0.439. The SMILES string of the molecule is Cc1c(CN)oc2c(-c3ccccc3)cccc12. The Labute approximate surface area is 106 Å². The molecule has 1 heterocycles. The van der Waals surface area contributed by atoms with Gasteiger partial charge in [0.15, 0.2) is 0 Å². The van der Waals surface area contributed by atoms with Gasteiger partial charge >= 0.3 is 0 Å². The normalized spacial score (nSPS) is 11.0. The minimum absolute atomic E-state index is 0.439. The quantitative estimate of drug-likeness (QED) is 0.735. The molecule has 1 aromatic heterocycles. The molecule has 0 saturated heterocycles. The smallest absolute Gasteiger partial charge is 0.142 e. The predicted octanol–water partition coefficient (Wildman–Crippen LogP) is 3.87. The van der Waals surface area contributed by atoms with E-state index in [-0.39, 0.29) is 0 Å². The zero-order valence-electron chi connectivity index (χ0n) is 10.3. The Morgan fingerprint density at radius 3 is 2.50 bits per heavy atom. The second kappa shape index (κ2) is 4.31. The van der Waals surface area contributed by atoms with E-state index in [2.05, 4.69) is 37.3 Å². The maximum absolute atomic E-state index is 5.91. The third kappa shape index (κ3) is 1.62. The van der Waals surface area contributed by atoms with E-state index in [0.29, 0.717) is 6.54 Å². The summed E-state index contributed by atoms with van der Waals surface area (Å²) in [5, 5.41) is 1.15. The number of rotatable bonds is 2. The maximum atomic E-state index is 5.91. The van der Waals surface area contributed by atoms with Crippen molar-refractivity contribution in [2.24, 2.45) is 5.73 Å². The van der Waals surface area contributed by atoms with E-state index in [0.717, 1.165) is 27.9 Å². The van der Waals surface area contributed by atoms with E-state index in [1.54, 1.807) is 0 Å². The molecule has 2 nitrogen and oxygen atoms in total. The minimum Gasteiger partial charge on any atom is -0.459 e. The van der Waals surface area contributed by atoms with Gasteiger partial charge in [-0.1, -0.05) is 48.5 Å². The van der Waals surface area contributed by atoms with Crippen LogP contribution in [0.3, 0.4) is 0 Å². The lowest BCUT2D eigenvalue weighted by molar-refractivity contribution is 0.549. The molecule has 18 heavy (non-hydrogen) atoms. The van der Waals surface area contributed by atoms with Crippen molar-refractivity contribution in [3.8, 4) is 11.1 Å². The largest absolute Gasteiger partial charge is 0.459 e. The van der Waals surface area contributed by atoms with Crippen LogP contribution in [0.15, 0.2) is 52.9 Å². The van der Waals surface area contributed by atoms with E-state index in [4.69, 9.17) is 10.2 Å². The number of para-hydroxylation sites is 1. The highest BCUT2D eigenvalue weighted by atomic mass is 16.3. The standard InChI is InChI=1S/C16H15NO/c1-11-13-8-5-9-14(12-6-3-2-4-7-12)16(13)18-15(11)10-17/h2-9H,10,17H2,1H3. The van der Waals surface area contributed by atoms with Crippen LogP contribution in [0.2, 0.25) is 0 Å². The molecular formula is C16H15NO. The summed E-state index contributed by atoms with van der Waals surface area (Å²) >= 11 is 0. The lowest BCUT2D eigenvalue weighted by Gasteiger charge is -2.01. The van der Waals surface area contributed by atoms with Crippen molar-refractivity contribution in [3.63, 3.8) is 0 Å². The molecular weight excluding hydrogens is 222 g/mol. The maximum Gasteiger partial charge on any atom is 0.142 e. The van der Waals surface area contributed by atoms with Gasteiger partial charge in [-0.15, -0.1) is 0 Å². The Morgan fingerprint density at radius 2 is 1.78 bits per heavy atom. The molecule has 0 bridgehead atoms. The van der Waals surface area contributed by atoms with Crippen LogP contribution < -0.4 is 5.73 Å². The van der Waals surface area contributed by atoms with Gasteiger partial charge in [0.25, 0.3) is 0 Å². The second-order valence-electron chi connectivity index (χ2n) is 4.40. The fourth-order valence-corrected chi connectivity index (χ4v) is 2.33. The highest BCUT2D eigenvalue weighted by molar-refractivity contribution is 5.94. The molecule has 2 N–H and O–H groups in total. The number of fused-ring (bicyclic) bond motifs is 1. The lowest BCUT2D eigenvalue weighted by Crippen LogP contribution is -1.95. The first-order chi connectivity index (χ1) is 8.81. The van der Waals surface area contributed by atoms with E-state index < -0.39 is 0 Å². The number of hydrogen-bond donors (Lipinski definition) is 1. The van der Waals surface area contributed by atoms with Crippen molar-refractivity contribution in [3.05, 3.63) is 59.9 Å². The Hall–Kier alpha value is -2.06. The van der Waals surface area contributed by atoms with Gasteiger partial charge in [-0.3, -0.25) is 0 Å². The van der Waals surface area contributed by atoms with Gasteiger partial charge in [-0.2, -0.15) is 0 Å². The van der Waals surface area contributed by atoms with Crippen LogP contribution in [-0.2, 0) is 6.54 Å². The molecule has 0 unspecified atom stereocenters. The Balaban J connectivity index is 2.31. The second-order valence-corrected chi connectivity index (χ2v) is 4.40. The summed E-state index contributed by atoms with van der Waals surface area (Å²) < 4.78 is 5.91. The number of benzene rings is 2. The predicted molar refractivity (Wildman–Crippen MR) is 74.3 cm³/mol. The highest BCUT2D eigenvalue weighted by Crippen LogP contribution is 2.33. The molecule has 0 aliphatic rings. The van der Waals surface area contributed by atoms with E-state index in [9.17, 15) is 0 Å². The van der Waals surface area contributed by atoms with Gasteiger partial charge in [0.05, 0.1) is 6.54 Å². The number of furan rings is 1. The summed E-state index contributed by atoms with van der Waals surface area (Å²) in [5.41, 5.74) is 10.1. The van der Waals surface area contributed by atoms with Crippen LogP contribution in [0, 0.1) is 6.92 Å². The van der Waals surface area contributed by atoms with Gasteiger partial charge < -0.3 is 10.2 Å². The third-order valence-electron chi connectivity index (χ3n) is 3.33. The molecule has 2 aromatic carbocycles. The van der Waals surface area contributed by atoms with Crippen molar-refractivity contribution in [2.75, 3.05) is 0 Å². The number of aryl methyl sites for hydroxylation is 1. The lowest BCUT2D eigenvalue weighted by atomic mass is 10.0. The fourth-order valence-electron chi connectivity index (χ4n) is 2.33. The highest BCUT2D eigenvalue weighted by Gasteiger charge is 2.12. The first-order valence-electron chi connectivity index (χ1n) is 6.07. The van der Waals surface area contributed by atoms with Gasteiger partial charge in [0.2, 0.25) is 0 Å². The topological polar surface area (TPSA) is 39.2 Å². The monoisotopic (exact) mass is 237 g/mol. The Kier molecular flexibility index (Phi) is 2.65. The van der Waals surface area contributed by atoms with Crippen molar-refractivity contribution >= 4 is 11.0 Å². The summed E-state index contributed by atoms with van der Waals surface area (Å²) in [6.45, 7) is 2.50. The molecule has 0 aliphatic heterocycles. The van der Waals surface area contributed by atoms with E-state index in [1.165, 1.54) is 5.56 Å². The average molecular weight is 237 g/mol. The van der Waals surface area contributed by atoms with Crippen LogP contribution >= 0.6 is 0 Å². The van der Waals surface area contributed by atoms with Gasteiger partial charge in [0, 0.05) is 10.9 Å². The number of nitrogens with two attached hydrogens (primary N) is 1. The Bertz CT molecular complexity index is 683. The summed E-state index contributed by atoms with van der Waals surface area (Å²) in [6, 6.07) is 16.5. The molecule has 3 rings (SSSR count). The molecule has 0 saturated carbocycles. The van der Waals surface area contributed by atoms with Gasteiger partial charge in [0.1, 0.15) is 11.3 Å². The van der Waals surface area contributed by atoms with Gasteiger partial charge in [-0.25, -0.2) is 0 Å². The average Bonchev–Trinajstić information content (AvgIpc) is 2.77.